The van der Waals surface area contributed by atoms with E-state index in [2.05, 4.69) is 24.4 Å². The van der Waals surface area contributed by atoms with Crippen LogP contribution < -0.4 is 5.32 Å². The summed E-state index contributed by atoms with van der Waals surface area (Å²) in [5.41, 5.74) is 0. The van der Waals surface area contributed by atoms with E-state index in [4.69, 9.17) is 4.74 Å². The number of rotatable bonds is 5. The van der Waals surface area contributed by atoms with Crippen LogP contribution in [0.5, 0.6) is 0 Å². The van der Waals surface area contributed by atoms with Crippen LogP contribution >= 0.6 is 11.3 Å². The maximum absolute atomic E-state index is 11.9. The van der Waals surface area contributed by atoms with Crippen LogP contribution in [0.3, 0.4) is 0 Å². The van der Waals surface area contributed by atoms with Crippen LogP contribution in [-0.2, 0) is 22.4 Å². The number of thiophene rings is 1. The number of aryl methyl sites for hydroxylation is 1. The highest BCUT2D eigenvalue weighted by Crippen LogP contribution is 2.18. The van der Waals surface area contributed by atoms with Crippen LogP contribution in [0.2, 0.25) is 0 Å². The molecule has 1 saturated heterocycles. The van der Waals surface area contributed by atoms with Gasteiger partial charge in [0.05, 0.1) is 13.2 Å². The normalized spacial score (nSPS) is 20.4. The first-order chi connectivity index (χ1) is 8.28. The first-order valence-electron chi connectivity index (χ1n) is 6.18. The van der Waals surface area contributed by atoms with E-state index < -0.39 is 0 Å². The third kappa shape index (κ3) is 3.91. The number of hydrogen-bond acceptors (Lipinski definition) is 4. The Bertz CT molecular complexity index is 369. The summed E-state index contributed by atoms with van der Waals surface area (Å²) in [7, 11) is 0. The Kier molecular flexibility index (Phi) is 4.71. The molecule has 1 aliphatic rings. The molecule has 1 unspecified atom stereocenters. The summed E-state index contributed by atoms with van der Waals surface area (Å²) in [4.78, 5) is 14.4. The van der Waals surface area contributed by atoms with Gasteiger partial charge in [0.1, 0.15) is 5.78 Å². The Morgan fingerprint density at radius 2 is 2.35 bits per heavy atom. The fourth-order valence-corrected chi connectivity index (χ4v) is 2.99. The second-order valence-corrected chi connectivity index (χ2v) is 5.62. The maximum atomic E-state index is 11.9. The molecule has 0 spiro atoms. The Morgan fingerprint density at radius 3 is 3.00 bits per heavy atom. The van der Waals surface area contributed by atoms with E-state index in [1.807, 2.05) is 0 Å². The van der Waals surface area contributed by atoms with E-state index in [0.717, 1.165) is 19.6 Å². The highest BCUT2D eigenvalue weighted by Gasteiger charge is 2.17. The van der Waals surface area contributed by atoms with E-state index in [-0.39, 0.29) is 6.04 Å². The average molecular weight is 253 g/mol. The van der Waals surface area contributed by atoms with Crippen molar-refractivity contribution in [3.05, 3.63) is 21.9 Å². The molecule has 4 heteroatoms. The molecule has 0 aliphatic carbocycles. The SMILES string of the molecule is CCc1ccc(CC(=O)CC2COCCN2)s1. The van der Waals surface area contributed by atoms with Gasteiger partial charge in [0, 0.05) is 35.2 Å². The van der Waals surface area contributed by atoms with Crippen LogP contribution in [0.1, 0.15) is 23.1 Å². The number of carbonyl (C=O) groups is 1. The first kappa shape index (κ1) is 12.7. The summed E-state index contributed by atoms with van der Waals surface area (Å²) in [5.74, 6) is 0.303. The second kappa shape index (κ2) is 6.28. The second-order valence-electron chi connectivity index (χ2n) is 4.37. The topological polar surface area (TPSA) is 38.3 Å². The predicted molar refractivity (Wildman–Crippen MR) is 69.6 cm³/mol. The zero-order chi connectivity index (χ0) is 12.1. The molecule has 1 N–H and O–H groups in total. The van der Waals surface area contributed by atoms with Crippen LogP contribution in [0, 0.1) is 0 Å². The van der Waals surface area contributed by atoms with Crippen LogP contribution in [0.4, 0.5) is 0 Å². The number of carbonyl (C=O) groups excluding carboxylic acids is 1. The molecule has 1 aliphatic heterocycles. The standard InChI is InChI=1S/C13H19NO2S/c1-2-12-3-4-13(17-12)8-11(15)7-10-9-16-6-5-14-10/h3-4,10,14H,2,5-9H2,1H3. The molecule has 1 aromatic heterocycles. The Balaban J connectivity index is 1.79. The summed E-state index contributed by atoms with van der Waals surface area (Å²) in [5, 5.41) is 3.31. The molecule has 0 radical (unpaired) electrons. The third-order valence-corrected chi connectivity index (χ3v) is 4.14. The van der Waals surface area contributed by atoms with Crippen molar-refractivity contribution in [2.75, 3.05) is 19.8 Å². The van der Waals surface area contributed by atoms with Crippen molar-refractivity contribution in [1.29, 1.82) is 0 Å². The summed E-state index contributed by atoms with van der Waals surface area (Å²) >= 11 is 1.75. The molecule has 0 bridgehead atoms. The van der Waals surface area contributed by atoms with Crippen molar-refractivity contribution in [2.45, 2.75) is 32.2 Å². The van der Waals surface area contributed by atoms with Gasteiger partial charge >= 0.3 is 0 Å². The number of ketones is 1. The van der Waals surface area contributed by atoms with E-state index in [9.17, 15) is 4.79 Å². The number of ether oxygens (including phenoxy) is 1. The minimum absolute atomic E-state index is 0.210. The molecule has 0 aromatic carbocycles. The number of morpholine rings is 1. The van der Waals surface area contributed by atoms with Crippen molar-refractivity contribution in [2.24, 2.45) is 0 Å². The van der Waals surface area contributed by atoms with Crippen molar-refractivity contribution in [3.63, 3.8) is 0 Å². The molecule has 1 aromatic rings. The summed E-state index contributed by atoms with van der Waals surface area (Å²) in [6.45, 7) is 4.42. The zero-order valence-corrected chi connectivity index (χ0v) is 11.0. The summed E-state index contributed by atoms with van der Waals surface area (Å²) < 4.78 is 5.34. The van der Waals surface area contributed by atoms with Gasteiger partial charge in [0.15, 0.2) is 0 Å². The predicted octanol–water partition coefficient (Wildman–Crippen LogP) is 1.80. The Labute approximate surface area is 106 Å². The van der Waals surface area contributed by atoms with Gasteiger partial charge in [-0.2, -0.15) is 0 Å². The average Bonchev–Trinajstić information content (AvgIpc) is 2.78. The molecule has 17 heavy (non-hydrogen) atoms. The van der Waals surface area contributed by atoms with Gasteiger partial charge in [-0.05, 0) is 18.6 Å². The molecule has 1 fully saturated rings. The Hall–Kier alpha value is -0.710. The van der Waals surface area contributed by atoms with Gasteiger partial charge < -0.3 is 10.1 Å². The fraction of sp³-hybridized carbons (Fsp3) is 0.615. The monoisotopic (exact) mass is 253 g/mol. The van der Waals surface area contributed by atoms with Crippen molar-refractivity contribution >= 4 is 17.1 Å². The molecule has 0 amide bonds. The van der Waals surface area contributed by atoms with E-state index in [0.29, 0.717) is 25.2 Å². The lowest BCUT2D eigenvalue weighted by Gasteiger charge is -2.22. The first-order valence-corrected chi connectivity index (χ1v) is 7.00. The van der Waals surface area contributed by atoms with E-state index in [1.54, 1.807) is 11.3 Å². The zero-order valence-electron chi connectivity index (χ0n) is 10.2. The summed E-state index contributed by atoms with van der Waals surface area (Å²) in [6, 6.07) is 4.41. The van der Waals surface area contributed by atoms with E-state index in [1.165, 1.54) is 9.75 Å². The molecular formula is C13H19NO2S. The molecule has 3 nitrogen and oxygen atoms in total. The highest BCUT2D eigenvalue weighted by molar-refractivity contribution is 7.12. The number of nitrogens with one attached hydrogen (secondary N) is 1. The van der Waals surface area contributed by atoms with Crippen molar-refractivity contribution in [1.82, 2.24) is 5.32 Å². The van der Waals surface area contributed by atoms with Crippen molar-refractivity contribution < 1.29 is 9.53 Å². The smallest absolute Gasteiger partial charge is 0.139 e. The number of Topliss-reactive ketones (excluding diaryl/α,β-unsaturated/α-hetero) is 1. The summed E-state index contributed by atoms with van der Waals surface area (Å²) in [6.07, 6.45) is 2.21. The maximum Gasteiger partial charge on any atom is 0.139 e. The molecule has 0 saturated carbocycles. The molecule has 2 heterocycles. The van der Waals surface area contributed by atoms with Gasteiger partial charge in [-0.1, -0.05) is 6.92 Å². The van der Waals surface area contributed by atoms with Gasteiger partial charge in [0.2, 0.25) is 0 Å². The molecular weight excluding hydrogens is 234 g/mol. The van der Waals surface area contributed by atoms with Gasteiger partial charge in [-0.15, -0.1) is 11.3 Å². The van der Waals surface area contributed by atoms with Gasteiger partial charge in [-0.3, -0.25) is 4.79 Å². The third-order valence-electron chi connectivity index (χ3n) is 2.91. The van der Waals surface area contributed by atoms with Crippen LogP contribution in [0.25, 0.3) is 0 Å². The minimum atomic E-state index is 0.210. The lowest BCUT2D eigenvalue weighted by Crippen LogP contribution is -2.42. The van der Waals surface area contributed by atoms with Gasteiger partial charge in [-0.25, -0.2) is 0 Å². The van der Waals surface area contributed by atoms with Crippen LogP contribution in [0.15, 0.2) is 12.1 Å². The molecule has 1 atom stereocenters. The lowest BCUT2D eigenvalue weighted by atomic mass is 10.1. The molecule has 94 valence electrons. The minimum Gasteiger partial charge on any atom is -0.379 e. The highest BCUT2D eigenvalue weighted by atomic mass is 32.1. The van der Waals surface area contributed by atoms with Crippen molar-refractivity contribution in [3.8, 4) is 0 Å². The van der Waals surface area contributed by atoms with E-state index >= 15 is 0 Å². The quantitative estimate of drug-likeness (QED) is 0.869. The molecule has 2 rings (SSSR count). The Morgan fingerprint density at radius 1 is 1.53 bits per heavy atom. The fourth-order valence-electron chi connectivity index (χ4n) is 2.00. The van der Waals surface area contributed by atoms with Gasteiger partial charge in [0.25, 0.3) is 0 Å². The largest absolute Gasteiger partial charge is 0.379 e. The van der Waals surface area contributed by atoms with Crippen LogP contribution in [-0.4, -0.2) is 31.6 Å². The lowest BCUT2D eigenvalue weighted by molar-refractivity contribution is -0.119. The number of hydrogen-bond donors (Lipinski definition) is 1.